The number of rotatable bonds is 4. The van der Waals surface area contributed by atoms with Crippen LogP contribution >= 0.6 is 0 Å². The summed E-state index contributed by atoms with van der Waals surface area (Å²) in [5.41, 5.74) is 1.36. The fraction of sp³-hybridized carbons (Fsp3) is 0.765. The average molecular weight is 319 g/mol. The Morgan fingerprint density at radius 1 is 1.39 bits per heavy atom. The van der Waals surface area contributed by atoms with Crippen LogP contribution in [0.3, 0.4) is 0 Å². The van der Waals surface area contributed by atoms with Crippen molar-refractivity contribution in [2.45, 2.75) is 57.7 Å². The molecular formula is C17H25N3O3. The SMILES string of the molecule is CCc1noc(C)c1C(=O)N[C@@H]1C[C@H]2CO[C@H](C3CC3)CN2C1. The van der Waals surface area contributed by atoms with Crippen LogP contribution in [-0.2, 0) is 11.2 Å². The molecule has 0 bridgehead atoms. The molecule has 3 aliphatic rings. The van der Waals surface area contributed by atoms with E-state index in [1.807, 2.05) is 6.92 Å². The number of hydrogen-bond donors (Lipinski definition) is 1. The van der Waals surface area contributed by atoms with E-state index in [-0.39, 0.29) is 11.9 Å². The lowest BCUT2D eigenvalue weighted by molar-refractivity contribution is -0.0581. The zero-order chi connectivity index (χ0) is 16.0. The molecule has 1 N–H and O–H groups in total. The Kier molecular flexibility index (Phi) is 3.89. The summed E-state index contributed by atoms with van der Waals surface area (Å²) in [6, 6.07) is 0.637. The number of aryl methyl sites for hydroxylation is 2. The molecule has 1 aromatic rings. The minimum Gasteiger partial charge on any atom is -0.375 e. The van der Waals surface area contributed by atoms with Crippen molar-refractivity contribution in [3.8, 4) is 0 Å². The molecule has 0 unspecified atom stereocenters. The number of ether oxygens (including phenoxy) is 1. The van der Waals surface area contributed by atoms with Crippen LogP contribution in [0.4, 0.5) is 0 Å². The second kappa shape index (κ2) is 5.91. The topological polar surface area (TPSA) is 67.6 Å². The summed E-state index contributed by atoms with van der Waals surface area (Å²) in [6.07, 6.45) is 4.71. The van der Waals surface area contributed by atoms with Gasteiger partial charge in [-0.15, -0.1) is 0 Å². The van der Waals surface area contributed by atoms with Crippen LogP contribution in [0, 0.1) is 12.8 Å². The van der Waals surface area contributed by atoms with Gasteiger partial charge in [0.15, 0.2) is 0 Å². The highest BCUT2D eigenvalue weighted by atomic mass is 16.5. The summed E-state index contributed by atoms with van der Waals surface area (Å²) in [7, 11) is 0. The molecule has 1 amide bonds. The molecule has 0 spiro atoms. The van der Waals surface area contributed by atoms with E-state index in [0.717, 1.165) is 37.7 Å². The smallest absolute Gasteiger partial charge is 0.257 e. The molecule has 6 heteroatoms. The van der Waals surface area contributed by atoms with E-state index >= 15 is 0 Å². The van der Waals surface area contributed by atoms with Gasteiger partial charge >= 0.3 is 0 Å². The number of amides is 1. The molecule has 4 rings (SSSR count). The first-order valence-corrected chi connectivity index (χ1v) is 8.77. The van der Waals surface area contributed by atoms with Crippen molar-refractivity contribution < 1.29 is 14.1 Å². The fourth-order valence-electron chi connectivity index (χ4n) is 3.97. The third-order valence-corrected chi connectivity index (χ3v) is 5.42. The standard InChI is InChI=1S/C17H25N3O3/c1-3-14-16(10(2)23-19-14)17(21)18-12-6-13-9-22-15(11-4-5-11)8-20(13)7-12/h11-13,15H,3-9H2,1-2H3,(H,18,21)/t12-,13+,15+/m1/s1. The van der Waals surface area contributed by atoms with Crippen molar-refractivity contribution in [3.63, 3.8) is 0 Å². The van der Waals surface area contributed by atoms with Gasteiger partial charge in [-0.3, -0.25) is 9.69 Å². The molecule has 23 heavy (non-hydrogen) atoms. The van der Waals surface area contributed by atoms with Gasteiger partial charge in [-0.1, -0.05) is 12.1 Å². The number of fused-ring (bicyclic) bond motifs is 1. The van der Waals surface area contributed by atoms with Crippen LogP contribution < -0.4 is 5.32 Å². The molecule has 0 aromatic carbocycles. The molecule has 2 saturated heterocycles. The van der Waals surface area contributed by atoms with E-state index in [1.165, 1.54) is 12.8 Å². The van der Waals surface area contributed by atoms with Gasteiger partial charge in [0.2, 0.25) is 0 Å². The largest absolute Gasteiger partial charge is 0.375 e. The van der Waals surface area contributed by atoms with Crippen LogP contribution in [0.25, 0.3) is 0 Å². The lowest BCUT2D eigenvalue weighted by atomic mass is 10.1. The molecule has 1 saturated carbocycles. The summed E-state index contributed by atoms with van der Waals surface area (Å²) in [5.74, 6) is 1.33. The second-order valence-corrected chi connectivity index (χ2v) is 7.14. The predicted molar refractivity (Wildman–Crippen MR) is 84.3 cm³/mol. The third-order valence-electron chi connectivity index (χ3n) is 5.42. The fourth-order valence-corrected chi connectivity index (χ4v) is 3.97. The first-order chi connectivity index (χ1) is 11.2. The average Bonchev–Trinajstić information content (AvgIpc) is 3.20. The number of nitrogens with one attached hydrogen (secondary N) is 1. The lowest BCUT2D eigenvalue weighted by Crippen LogP contribution is -2.47. The number of carbonyl (C=O) groups excluding carboxylic acids is 1. The van der Waals surface area contributed by atoms with Crippen molar-refractivity contribution in [1.82, 2.24) is 15.4 Å². The molecule has 2 aliphatic heterocycles. The minimum absolute atomic E-state index is 0.0508. The van der Waals surface area contributed by atoms with Crippen molar-refractivity contribution in [3.05, 3.63) is 17.0 Å². The molecule has 126 valence electrons. The van der Waals surface area contributed by atoms with E-state index < -0.39 is 0 Å². The van der Waals surface area contributed by atoms with Crippen molar-refractivity contribution in [2.75, 3.05) is 19.7 Å². The van der Waals surface area contributed by atoms with E-state index in [1.54, 1.807) is 6.92 Å². The van der Waals surface area contributed by atoms with Gasteiger partial charge in [-0.2, -0.15) is 0 Å². The second-order valence-electron chi connectivity index (χ2n) is 7.14. The van der Waals surface area contributed by atoms with Gasteiger partial charge in [0, 0.05) is 25.2 Å². The summed E-state index contributed by atoms with van der Waals surface area (Å²) in [6.45, 7) is 6.54. The number of carbonyl (C=O) groups is 1. The van der Waals surface area contributed by atoms with E-state index in [9.17, 15) is 4.79 Å². The highest BCUT2D eigenvalue weighted by Crippen LogP contribution is 2.37. The van der Waals surface area contributed by atoms with Crippen LogP contribution in [-0.4, -0.2) is 53.8 Å². The molecule has 6 nitrogen and oxygen atoms in total. The number of nitrogens with zero attached hydrogens (tertiary/aromatic N) is 2. The Morgan fingerprint density at radius 2 is 2.22 bits per heavy atom. The zero-order valence-corrected chi connectivity index (χ0v) is 13.9. The molecule has 1 aliphatic carbocycles. The predicted octanol–water partition coefficient (Wildman–Crippen LogP) is 1.53. The maximum Gasteiger partial charge on any atom is 0.257 e. The molecule has 0 radical (unpaired) electrons. The summed E-state index contributed by atoms with van der Waals surface area (Å²) in [4.78, 5) is 15.1. The first-order valence-electron chi connectivity index (χ1n) is 8.77. The highest BCUT2D eigenvalue weighted by Gasteiger charge is 2.42. The van der Waals surface area contributed by atoms with Gasteiger partial charge in [0.25, 0.3) is 5.91 Å². The van der Waals surface area contributed by atoms with Crippen LogP contribution in [0.1, 0.15) is 48.0 Å². The summed E-state index contributed by atoms with van der Waals surface area (Å²) in [5, 5.41) is 7.15. The Morgan fingerprint density at radius 3 is 2.96 bits per heavy atom. The van der Waals surface area contributed by atoms with E-state index in [4.69, 9.17) is 9.26 Å². The van der Waals surface area contributed by atoms with E-state index in [0.29, 0.717) is 29.9 Å². The quantitative estimate of drug-likeness (QED) is 0.911. The third kappa shape index (κ3) is 2.90. The maximum absolute atomic E-state index is 12.6. The van der Waals surface area contributed by atoms with Crippen LogP contribution in [0.5, 0.6) is 0 Å². The highest BCUT2D eigenvalue weighted by molar-refractivity contribution is 5.96. The number of morpholine rings is 1. The van der Waals surface area contributed by atoms with Gasteiger partial charge in [0.05, 0.1) is 18.4 Å². The summed E-state index contributed by atoms with van der Waals surface area (Å²) >= 11 is 0. The van der Waals surface area contributed by atoms with E-state index in [2.05, 4.69) is 15.4 Å². The van der Waals surface area contributed by atoms with Gasteiger partial charge in [-0.05, 0) is 38.5 Å². The molecular weight excluding hydrogens is 294 g/mol. The van der Waals surface area contributed by atoms with Crippen LogP contribution in [0.2, 0.25) is 0 Å². The lowest BCUT2D eigenvalue weighted by Gasteiger charge is -2.35. The molecule has 3 atom stereocenters. The maximum atomic E-state index is 12.6. The minimum atomic E-state index is -0.0508. The first kappa shape index (κ1) is 15.1. The normalized spacial score (nSPS) is 31.1. The van der Waals surface area contributed by atoms with Gasteiger partial charge in [0.1, 0.15) is 11.3 Å². The van der Waals surface area contributed by atoms with Crippen molar-refractivity contribution in [2.24, 2.45) is 5.92 Å². The van der Waals surface area contributed by atoms with Crippen molar-refractivity contribution in [1.29, 1.82) is 0 Å². The Balaban J connectivity index is 1.38. The Labute approximate surface area is 136 Å². The van der Waals surface area contributed by atoms with Gasteiger partial charge in [-0.25, -0.2) is 0 Å². The molecule has 1 aromatic heterocycles. The Hall–Kier alpha value is -1.40. The Bertz CT molecular complexity index is 596. The monoisotopic (exact) mass is 319 g/mol. The van der Waals surface area contributed by atoms with Crippen LogP contribution in [0.15, 0.2) is 4.52 Å². The molecule has 3 heterocycles. The molecule has 3 fully saturated rings. The zero-order valence-electron chi connectivity index (χ0n) is 13.9. The number of hydrogen-bond acceptors (Lipinski definition) is 5. The summed E-state index contributed by atoms with van der Waals surface area (Å²) < 4.78 is 11.2. The van der Waals surface area contributed by atoms with Gasteiger partial charge < -0.3 is 14.6 Å². The van der Waals surface area contributed by atoms with Crippen molar-refractivity contribution >= 4 is 5.91 Å². The number of aromatic nitrogens is 1.